The molecule has 0 saturated heterocycles. The van der Waals surface area contributed by atoms with Crippen LogP contribution in [0, 0.1) is 34.0 Å². The standard InChI is InChI=1S/C32H39N3O5/c1-6-30(4)17-25(31(5)20(2)11-13-32(21(3)27(30)37)14-12-24(36)26(31)32)40-29(39)23-10-8-16-35(28(23)38)34-19-22-9-7-15-33-18-22/h6-10,15-16,18-21,25-27,37H,1,11-14,17H2,2-5H3/b34-19+/t20?,21-,25+,26?,27-,30+,31-,32-/m0/s1. The number of nitrogens with zero attached hydrogens (tertiary/aromatic N) is 3. The Morgan fingerprint density at radius 3 is 2.70 bits per heavy atom. The molecule has 2 unspecified atom stereocenters. The van der Waals surface area contributed by atoms with Crippen molar-refractivity contribution in [2.75, 3.05) is 0 Å². The number of Topliss-reactive ketones (excluding diaryl/α,β-unsaturated/α-hetero) is 1. The van der Waals surface area contributed by atoms with Crippen LogP contribution in [0.3, 0.4) is 0 Å². The molecule has 0 spiro atoms. The van der Waals surface area contributed by atoms with Crippen molar-refractivity contribution < 1.29 is 19.4 Å². The minimum absolute atomic E-state index is 0.0958. The molecule has 40 heavy (non-hydrogen) atoms. The lowest BCUT2D eigenvalue weighted by molar-refractivity contribution is -0.192. The number of ketones is 1. The van der Waals surface area contributed by atoms with E-state index in [9.17, 15) is 19.5 Å². The zero-order valence-electron chi connectivity index (χ0n) is 23.7. The van der Waals surface area contributed by atoms with Crippen LogP contribution in [0.4, 0.5) is 0 Å². The fraction of sp³-hybridized carbons (Fsp3) is 0.531. The summed E-state index contributed by atoms with van der Waals surface area (Å²) in [6.07, 6.45) is 9.74. The number of hydrogen-bond donors (Lipinski definition) is 1. The summed E-state index contributed by atoms with van der Waals surface area (Å²) < 4.78 is 7.37. The Labute approximate surface area is 235 Å². The molecule has 1 N–H and O–H groups in total. The lowest BCUT2D eigenvalue weighted by Crippen LogP contribution is -2.63. The number of aliphatic hydroxyl groups is 1. The van der Waals surface area contributed by atoms with Gasteiger partial charge in [-0.05, 0) is 61.1 Å². The highest BCUT2D eigenvalue weighted by Crippen LogP contribution is 2.68. The Morgan fingerprint density at radius 2 is 2.00 bits per heavy atom. The molecule has 3 saturated carbocycles. The van der Waals surface area contributed by atoms with Crippen LogP contribution < -0.4 is 5.56 Å². The summed E-state index contributed by atoms with van der Waals surface area (Å²) in [5.41, 5.74) is -1.82. The number of hydrogen-bond acceptors (Lipinski definition) is 7. The highest BCUT2D eigenvalue weighted by molar-refractivity contribution is 5.89. The van der Waals surface area contributed by atoms with Crippen LogP contribution in [0.15, 0.2) is 65.4 Å². The smallest absolute Gasteiger partial charge is 0.344 e. The average molecular weight is 546 g/mol. The van der Waals surface area contributed by atoms with E-state index in [-0.39, 0.29) is 34.5 Å². The molecule has 2 heterocycles. The van der Waals surface area contributed by atoms with Crippen LogP contribution in [-0.2, 0) is 9.53 Å². The van der Waals surface area contributed by atoms with Gasteiger partial charge in [-0.1, -0.05) is 39.8 Å². The first-order chi connectivity index (χ1) is 19.0. The van der Waals surface area contributed by atoms with Crippen molar-refractivity contribution in [1.82, 2.24) is 9.66 Å². The lowest BCUT2D eigenvalue weighted by Gasteiger charge is -2.61. The van der Waals surface area contributed by atoms with E-state index in [0.717, 1.165) is 23.9 Å². The Bertz CT molecular complexity index is 1400. The molecule has 2 bridgehead atoms. The quantitative estimate of drug-likeness (QED) is 0.333. The summed E-state index contributed by atoms with van der Waals surface area (Å²) in [5, 5.41) is 15.9. The van der Waals surface area contributed by atoms with Crippen molar-refractivity contribution in [3.63, 3.8) is 0 Å². The van der Waals surface area contributed by atoms with E-state index in [1.54, 1.807) is 36.7 Å². The second kappa shape index (κ2) is 10.2. The summed E-state index contributed by atoms with van der Waals surface area (Å²) in [6.45, 7) is 12.3. The van der Waals surface area contributed by atoms with E-state index in [0.29, 0.717) is 18.4 Å². The van der Waals surface area contributed by atoms with Gasteiger partial charge in [0, 0.05) is 47.3 Å². The van der Waals surface area contributed by atoms with E-state index in [4.69, 9.17) is 4.74 Å². The third-order valence-corrected chi connectivity index (χ3v) is 10.7. The van der Waals surface area contributed by atoms with Gasteiger partial charge in [-0.25, -0.2) is 9.47 Å². The normalized spacial score (nSPS) is 37.4. The van der Waals surface area contributed by atoms with Gasteiger partial charge in [0.1, 0.15) is 17.5 Å². The molecule has 3 aliphatic rings. The molecule has 0 amide bonds. The largest absolute Gasteiger partial charge is 0.458 e. The second-order valence-electron chi connectivity index (χ2n) is 12.6. The Balaban J connectivity index is 1.54. The first-order valence-corrected chi connectivity index (χ1v) is 14.2. The summed E-state index contributed by atoms with van der Waals surface area (Å²) in [7, 11) is 0. The Morgan fingerprint density at radius 1 is 1.23 bits per heavy atom. The maximum atomic E-state index is 13.7. The van der Waals surface area contributed by atoms with E-state index in [1.807, 2.05) is 6.92 Å². The summed E-state index contributed by atoms with van der Waals surface area (Å²) >= 11 is 0. The first-order valence-electron chi connectivity index (χ1n) is 14.2. The number of aromatic nitrogens is 2. The third kappa shape index (κ3) is 4.28. The van der Waals surface area contributed by atoms with E-state index < -0.39 is 34.6 Å². The van der Waals surface area contributed by atoms with Crippen molar-refractivity contribution in [3.8, 4) is 0 Å². The minimum Gasteiger partial charge on any atom is -0.458 e. The van der Waals surface area contributed by atoms with Gasteiger partial charge in [0.25, 0.3) is 5.56 Å². The predicted octanol–water partition coefficient (Wildman–Crippen LogP) is 4.65. The Kier molecular flexibility index (Phi) is 7.19. The van der Waals surface area contributed by atoms with Crippen LogP contribution >= 0.6 is 0 Å². The molecule has 3 aliphatic carbocycles. The fourth-order valence-corrected chi connectivity index (χ4v) is 8.00. The van der Waals surface area contributed by atoms with Gasteiger partial charge in [-0.2, -0.15) is 5.10 Å². The van der Waals surface area contributed by atoms with Crippen LogP contribution in [0.2, 0.25) is 0 Å². The van der Waals surface area contributed by atoms with Crippen molar-refractivity contribution in [1.29, 1.82) is 0 Å². The maximum Gasteiger partial charge on any atom is 0.344 e. The van der Waals surface area contributed by atoms with Gasteiger partial charge < -0.3 is 9.84 Å². The van der Waals surface area contributed by atoms with E-state index in [1.165, 1.54) is 18.5 Å². The van der Waals surface area contributed by atoms with E-state index >= 15 is 0 Å². The highest BCUT2D eigenvalue weighted by atomic mass is 16.5. The zero-order chi connectivity index (χ0) is 28.9. The molecule has 3 fully saturated rings. The summed E-state index contributed by atoms with van der Waals surface area (Å²) in [5.74, 6) is -0.932. The van der Waals surface area contributed by atoms with Crippen molar-refractivity contribution >= 4 is 18.0 Å². The molecule has 8 heteroatoms. The summed E-state index contributed by atoms with van der Waals surface area (Å²) in [4.78, 5) is 44.6. The van der Waals surface area contributed by atoms with Gasteiger partial charge in [-0.3, -0.25) is 14.6 Å². The molecule has 212 valence electrons. The number of aliphatic hydroxyl groups excluding tert-OH is 1. The second-order valence-corrected chi connectivity index (χ2v) is 12.6. The molecule has 0 radical (unpaired) electrons. The number of carbonyl (C=O) groups excluding carboxylic acids is 2. The highest BCUT2D eigenvalue weighted by Gasteiger charge is 2.68. The number of ether oxygens (including phenoxy) is 1. The van der Waals surface area contributed by atoms with Crippen molar-refractivity contribution in [2.24, 2.45) is 39.1 Å². The van der Waals surface area contributed by atoms with Crippen LogP contribution in [0.25, 0.3) is 0 Å². The van der Waals surface area contributed by atoms with Crippen molar-refractivity contribution in [2.45, 2.75) is 72.0 Å². The monoisotopic (exact) mass is 545 g/mol. The van der Waals surface area contributed by atoms with Crippen LogP contribution in [-0.4, -0.2) is 44.9 Å². The van der Waals surface area contributed by atoms with Gasteiger partial charge in [0.2, 0.25) is 0 Å². The molecule has 8 nitrogen and oxygen atoms in total. The predicted molar refractivity (Wildman–Crippen MR) is 152 cm³/mol. The molecule has 5 rings (SSSR count). The molecule has 8 atom stereocenters. The first kappa shape index (κ1) is 28.1. The summed E-state index contributed by atoms with van der Waals surface area (Å²) in [6, 6.07) is 6.58. The Hall–Kier alpha value is -3.39. The fourth-order valence-electron chi connectivity index (χ4n) is 8.00. The van der Waals surface area contributed by atoms with Crippen LogP contribution in [0.5, 0.6) is 0 Å². The van der Waals surface area contributed by atoms with Gasteiger partial charge >= 0.3 is 5.97 Å². The molecule has 2 aromatic rings. The molecule has 2 aromatic heterocycles. The minimum atomic E-state index is -0.759. The number of esters is 1. The molecular weight excluding hydrogens is 506 g/mol. The van der Waals surface area contributed by atoms with Gasteiger partial charge in [-0.15, -0.1) is 6.58 Å². The molecule has 0 aromatic carbocycles. The number of pyridine rings is 2. The SMILES string of the molecule is C=C[C@]1(C)C[C@@H](OC(=O)c2cccn(/N=C/c3cccnc3)c2=O)[C@]2(C)C(C)CC[C@]3(CCC(=O)C32)[C@@H](C)[C@@H]1O. The maximum absolute atomic E-state index is 13.7. The van der Waals surface area contributed by atoms with Crippen molar-refractivity contribution in [3.05, 3.63) is 77.0 Å². The number of rotatable bonds is 5. The molecule has 0 aliphatic heterocycles. The average Bonchev–Trinajstić information content (AvgIpc) is 3.31. The molecular formula is C32H39N3O5. The van der Waals surface area contributed by atoms with Gasteiger partial charge in [0.05, 0.1) is 12.3 Å². The third-order valence-electron chi connectivity index (χ3n) is 10.7. The van der Waals surface area contributed by atoms with Crippen LogP contribution in [0.1, 0.15) is 75.7 Å². The van der Waals surface area contributed by atoms with Gasteiger partial charge in [0.15, 0.2) is 0 Å². The zero-order valence-corrected chi connectivity index (χ0v) is 23.7. The topological polar surface area (TPSA) is 111 Å². The lowest BCUT2D eigenvalue weighted by atomic mass is 9.44. The van der Waals surface area contributed by atoms with E-state index in [2.05, 4.69) is 37.4 Å². The number of carbonyl (C=O) groups is 2.